The standard InChI is InChI=1S/C17H20FN7O2/c1-17(2,27)13(18)9-22-15(26)11-8-21-14(4-12(11)20-3)25-16-23-6-10(5-19)7-24-16/h4,6-8,13,27H,9H2,1-3H3,(H,22,26)(H2,20,21,23,24,25)/t13-/m1/s1. The summed E-state index contributed by atoms with van der Waals surface area (Å²) in [5, 5.41) is 26.5. The quantitative estimate of drug-likeness (QED) is 0.571. The summed E-state index contributed by atoms with van der Waals surface area (Å²) >= 11 is 0. The Kier molecular flexibility index (Phi) is 6.20. The van der Waals surface area contributed by atoms with E-state index in [2.05, 4.69) is 30.9 Å². The van der Waals surface area contributed by atoms with Gasteiger partial charge in [0.15, 0.2) is 0 Å². The topological polar surface area (TPSA) is 136 Å². The summed E-state index contributed by atoms with van der Waals surface area (Å²) in [6, 6.07) is 3.49. The first kappa shape index (κ1) is 20.0. The van der Waals surface area contributed by atoms with Gasteiger partial charge >= 0.3 is 0 Å². The van der Waals surface area contributed by atoms with Crippen LogP contribution in [0, 0.1) is 11.3 Å². The van der Waals surface area contributed by atoms with Crippen LogP contribution in [0.4, 0.5) is 21.8 Å². The minimum Gasteiger partial charge on any atom is -0.387 e. The molecule has 2 aromatic heterocycles. The fourth-order valence-electron chi connectivity index (χ4n) is 2.00. The van der Waals surface area contributed by atoms with Crippen LogP contribution in [-0.2, 0) is 0 Å². The highest BCUT2D eigenvalue weighted by atomic mass is 19.1. The molecule has 0 aliphatic heterocycles. The van der Waals surface area contributed by atoms with Crippen LogP contribution in [0.2, 0.25) is 0 Å². The summed E-state index contributed by atoms with van der Waals surface area (Å²) in [6.45, 7) is 2.33. The highest BCUT2D eigenvalue weighted by Crippen LogP contribution is 2.20. The second kappa shape index (κ2) is 8.37. The van der Waals surface area contributed by atoms with Crippen molar-refractivity contribution in [3.05, 3.63) is 35.8 Å². The van der Waals surface area contributed by atoms with Crippen molar-refractivity contribution in [1.29, 1.82) is 5.26 Å². The largest absolute Gasteiger partial charge is 0.387 e. The Labute approximate surface area is 155 Å². The molecule has 27 heavy (non-hydrogen) atoms. The Morgan fingerprint density at radius 2 is 2.00 bits per heavy atom. The van der Waals surface area contributed by atoms with Crippen LogP contribution in [-0.4, -0.2) is 51.3 Å². The number of hydrogen-bond donors (Lipinski definition) is 4. The van der Waals surface area contributed by atoms with Gasteiger partial charge in [-0.15, -0.1) is 0 Å². The van der Waals surface area contributed by atoms with E-state index >= 15 is 0 Å². The van der Waals surface area contributed by atoms with Crippen LogP contribution in [0.3, 0.4) is 0 Å². The van der Waals surface area contributed by atoms with Crippen molar-refractivity contribution in [1.82, 2.24) is 20.3 Å². The van der Waals surface area contributed by atoms with E-state index in [-0.39, 0.29) is 18.1 Å². The molecule has 0 spiro atoms. The van der Waals surface area contributed by atoms with E-state index in [4.69, 9.17) is 5.26 Å². The zero-order chi connectivity index (χ0) is 20.0. The fourth-order valence-corrected chi connectivity index (χ4v) is 2.00. The lowest BCUT2D eigenvalue weighted by Crippen LogP contribution is -2.42. The Morgan fingerprint density at radius 3 is 2.56 bits per heavy atom. The molecule has 0 aliphatic carbocycles. The van der Waals surface area contributed by atoms with Gasteiger partial charge in [0.2, 0.25) is 5.95 Å². The molecule has 10 heteroatoms. The number of alkyl halides is 1. The Bertz CT molecular complexity index is 844. The Morgan fingerprint density at radius 1 is 1.33 bits per heavy atom. The molecule has 0 bridgehead atoms. The van der Waals surface area contributed by atoms with Crippen molar-refractivity contribution in [3.63, 3.8) is 0 Å². The highest BCUT2D eigenvalue weighted by molar-refractivity contribution is 5.99. The summed E-state index contributed by atoms with van der Waals surface area (Å²) in [6.07, 6.45) is 2.45. The van der Waals surface area contributed by atoms with Gasteiger partial charge in [-0.05, 0) is 13.8 Å². The van der Waals surface area contributed by atoms with Gasteiger partial charge in [0, 0.05) is 19.3 Å². The van der Waals surface area contributed by atoms with Crippen LogP contribution in [0.15, 0.2) is 24.7 Å². The number of nitrogens with one attached hydrogen (secondary N) is 3. The van der Waals surface area contributed by atoms with Gasteiger partial charge in [-0.3, -0.25) is 4.79 Å². The zero-order valence-corrected chi connectivity index (χ0v) is 15.1. The monoisotopic (exact) mass is 373 g/mol. The number of anilines is 3. The number of nitrogens with zero attached hydrogens (tertiary/aromatic N) is 4. The number of aliphatic hydroxyl groups is 1. The van der Waals surface area contributed by atoms with Gasteiger partial charge in [-0.25, -0.2) is 19.3 Å². The van der Waals surface area contributed by atoms with E-state index in [0.717, 1.165) is 0 Å². The maximum atomic E-state index is 13.8. The van der Waals surface area contributed by atoms with Crippen molar-refractivity contribution in [2.45, 2.75) is 25.6 Å². The van der Waals surface area contributed by atoms with Crippen LogP contribution >= 0.6 is 0 Å². The van der Waals surface area contributed by atoms with E-state index in [9.17, 15) is 14.3 Å². The van der Waals surface area contributed by atoms with Crippen LogP contribution in [0.1, 0.15) is 29.8 Å². The van der Waals surface area contributed by atoms with Gasteiger partial charge in [0.05, 0.1) is 41.4 Å². The number of amides is 1. The van der Waals surface area contributed by atoms with E-state index in [1.807, 2.05) is 6.07 Å². The van der Waals surface area contributed by atoms with Gasteiger partial charge in [0.25, 0.3) is 5.91 Å². The maximum Gasteiger partial charge on any atom is 0.255 e. The summed E-state index contributed by atoms with van der Waals surface area (Å²) in [4.78, 5) is 24.4. The molecule has 0 saturated carbocycles. The smallest absolute Gasteiger partial charge is 0.255 e. The van der Waals surface area contributed by atoms with E-state index in [0.29, 0.717) is 17.1 Å². The highest BCUT2D eigenvalue weighted by Gasteiger charge is 2.27. The first-order chi connectivity index (χ1) is 12.7. The van der Waals surface area contributed by atoms with Crippen molar-refractivity contribution < 1.29 is 14.3 Å². The molecule has 2 aromatic rings. The lowest BCUT2D eigenvalue weighted by Gasteiger charge is -2.22. The summed E-state index contributed by atoms with van der Waals surface area (Å²) in [5.74, 6) is 0.0894. The molecule has 0 unspecified atom stereocenters. The number of halogens is 1. The first-order valence-electron chi connectivity index (χ1n) is 8.06. The van der Waals surface area contributed by atoms with Crippen molar-refractivity contribution in [2.24, 2.45) is 0 Å². The average Bonchev–Trinajstić information content (AvgIpc) is 2.65. The number of aromatic nitrogens is 3. The second-order valence-electron chi connectivity index (χ2n) is 6.23. The lowest BCUT2D eigenvalue weighted by molar-refractivity contribution is -0.00177. The third kappa shape index (κ3) is 5.32. The molecule has 0 fully saturated rings. The minimum atomic E-state index is -1.61. The fraction of sp³-hybridized carbons (Fsp3) is 0.353. The molecular weight excluding hydrogens is 353 g/mol. The molecule has 1 amide bonds. The lowest BCUT2D eigenvalue weighted by atomic mass is 10.0. The molecule has 0 saturated heterocycles. The summed E-state index contributed by atoms with van der Waals surface area (Å²) in [7, 11) is 1.63. The molecule has 142 valence electrons. The maximum absolute atomic E-state index is 13.8. The zero-order valence-electron chi connectivity index (χ0n) is 15.1. The number of rotatable bonds is 7. The number of carbonyl (C=O) groups is 1. The molecular formula is C17H20FN7O2. The molecule has 9 nitrogen and oxygen atoms in total. The van der Waals surface area contributed by atoms with Crippen molar-refractivity contribution in [3.8, 4) is 6.07 Å². The molecule has 0 radical (unpaired) electrons. The Balaban J connectivity index is 2.10. The molecule has 2 heterocycles. The average molecular weight is 373 g/mol. The van der Waals surface area contributed by atoms with E-state index in [1.165, 1.54) is 32.4 Å². The summed E-state index contributed by atoms with van der Waals surface area (Å²) < 4.78 is 13.8. The van der Waals surface area contributed by atoms with Crippen molar-refractivity contribution in [2.75, 3.05) is 24.2 Å². The van der Waals surface area contributed by atoms with Crippen molar-refractivity contribution >= 4 is 23.4 Å². The number of nitriles is 1. The van der Waals surface area contributed by atoms with Crippen LogP contribution in [0.25, 0.3) is 0 Å². The van der Waals surface area contributed by atoms with Gasteiger partial charge < -0.3 is 21.1 Å². The second-order valence-corrected chi connectivity index (χ2v) is 6.23. The van der Waals surface area contributed by atoms with E-state index in [1.54, 1.807) is 13.1 Å². The minimum absolute atomic E-state index is 0.215. The molecule has 0 aliphatic rings. The van der Waals surface area contributed by atoms with Gasteiger partial charge in [-0.1, -0.05) is 0 Å². The van der Waals surface area contributed by atoms with Gasteiger partial charge in [0.1, 0.15) is 18.1 Å². The third-order valence-electron chi connectivity index (χ3n) is 3.65. The predicted molar refractivity (Wildman–Crippen MR) is 97.3 cm³/mol. The molecule has 4 N–H and O–H groups in total. The number of carbonyl (C=O) groups excluding carboxylic acids is 1. The summed E-state index contributed by atoms with van der Waals surface area (Å²) in [5.41, 5.74) is -0.551. The predicted octanol–water partition coefficient (Wildman–Crippen LogP) is 1.37. The SMILES string of the molecule is CNc1cc(Nc2ncc(C#N)cn2)ncc1C(=O)NC[C@@H](F)C(C)(C)O. The molecule has 1 atom stereocenters. The van der Waals surface area contributed by atoms with Gasteiger partial charge in [-0.2, -0.15) is 5.26 Å². The van der Waals surface area contributed by atoms with Crippen LogP contribution < -0.4 is 16.0 Å². The third-order valence-corrected chi connectivity index (χ3v) is 3.65. The molecule has 0 aromatic carbocycles. The normalized spacial score (nSPS) is 12.0. The number of hydrogen-bond acceptors (Lipinski definition) is 8. The van der Waals surface area contributed by atoms with E-state index < -0.39 is 17.7 Å². The van der Waals surface area contributed by atoms with Crippen LogP contribution in [0.5, 0.6) is 0 Å². The molecule has 2 rings (SSSR count). The first-order valence-corrected chi connectivity index (χ1v) is 8.06. The number of pyridine rings is 1. The Hall–Kier alpha value is -3.32.